The fourth-order valence-corrected chi connectivity index (χ4v) is 3.86. The van der Waals surface area contributed by atoms with Gasteiger partial charge in [-0.25, -0.2) is 9.13 Å². The highest BCUT2D eigenvalue weighted by Gasteiger charge is 2.47. The van der Waals surface area contributed by atoms with Crippen LogP contribution in [0.15, 0.2) is 49.1 Å². The van der Waals surface area contributed by atoms with E-state index in [0.29, 0.717) is 18.7 Å². The zero-order valence-electron chi connectivity index (χ0n) is 15.1. The molecule has 1 aromatic carbocycles. The van der Waals surface area contributed by atoms with Gasteiger partial charge in [-0.3, -0.25) is 4.79 Å². The van der Waals surface area contributed by atoms with Gasteiger partial charge in [0.25, 0.3) is 5.91 Å². The molecule has 1 unspecified atom stereocenters. The van der Waals surface area contributed by atoms with Crippen LogP contribution in [0.5, 0.6) is 0 Å². The number of aliphatic hydroxyl groups is 1. The van der Waals surface area contributed by atoms with Crippen molar-refractivity contribution in [2.45, 2.75) is 37.8 Å². The number of amides is 1. The minimum Gasteiger partial charge on any atom is -0.375 e. The summed E-state index contributed by atoms with van der Waals surface area (Å²) < 4.78 is 4.02. The van der Waals surface area contributed by atoms with E-state index in [1.54, 1.807) is 11.9 Å². The Labute approximate surface area is 149 Å². The van der Waals surface area contributed by atoms with Crippen molar-refractivity contribution in [1.29, 1.82) is 0 Å². The highest BCUT2D eigenvalue weighted by atomic mass is 16.3. The lowest BCUT2D eigenvalue weighted by Crippen LogP contribution is -2.50. The zero-order chi connectivity index (χ0) is 17.9. The number of rotatable bonds is 6. The number of likely N-dealkylation sites (N-methyl/N-ethyl adjacent to an activating group) is 1. The van der Waals surface area contributed by atoms with Gasteiger partial charge >= 0.3 is 0 Å². The topological polar surface area (TPSA) is 49.4 Å². The molecule has 2 aromatic rings. The molecule has 1 saturated carbocycles. The fourth-order valence-electron chi connectivity index (χ4n) is 3.86. The smallest absolute Gasteiger partial charge is 0.259 e. The Morgan fingerprint density at radius 3 is 2.60 bits per heavy atom. The highest BCUT2D eigenvalue weighted by Crippen LogP contribution is 2.41. The standard InChI is InChI=1S/C20H28N3O2/c1-21-12-14-23(16-21)15-13-22(2)19(24)20(25,18-10-6-7-11-18)17-8-4-3-5-9-17/h3-5,8-9,12,14,16,18,25H,6-7,10-11,13,15H2,1-2H3/q+1. The summed E-state index contributed by atoms with van der Waals surface area (Å²) in [5.74, 6) is -0.198. The molecule has 1 atom stereocenters. The summed E-state index contributed by atoms with van der Waals surface area (Å²) in [6, 6.07) is 9.44. The fraction of sp³-hybridized carbons (Fsp3) is 0.500. The second kappa shape index (κ2) is 7.40. The van der Waals surface area contributed by atoms with E-state index in [1.807, 2.05) is 65.2 Å². The first-order valence-electron chi connectivity index (χ1n) is 9.06. The van der Waals surface area contributed by atoms with Crippen molar-refractivity contribution in [3.05, 3.63) is 54.6 Å². The summed E-state index contributed by atoms with van der Waals surface area (Å²) in [6.07, 6.45) is 9.90. The quantitative estimate of drug-likeness (QED) is 0.815. The predicted molar refractivity (Wildman–Crippen MR) is 95.5 cm³/mol. The third-order valence-corrected chi connectivity index (χ3v) is 5.35. The Bertz CT molecular complexity index is 707. The molecule has 1 aliphatic carbocycles. The SMILES string of the molecule is CN(CCn1cc[n+](C)c1)C(=O)C(O)(c1ccccc1)C1CCCC1. The summed E-state index contributed by atoms with van der Waals surface area (Å²) >= 11 is 0. The van der Waals surface area contributed by atoms with Crippen molar-refractivity contribution in [1.82, 2.24) is 9.47 Å². The highest BCUT2D eigenvalue weighted by molar-refractivity contribution is 5.86. The number of aryl methyl sites for hydroxylation is 1. The van der Waals surface area contributed by atoms with Crippen LogP contribution in [0.2, 0.25) is 0 Å². The lowest BCUT2D eigenvalue weighted by molar-refractivity contribution is -0.671. The zero-order valence-corrected chi connectivity index (χ0v) is 15.1. The molecule has 0 bridgehead atoms. The molecule has 1 heterocycles. The van der Waals surface area contributed by atoms with Gasteiger partial charge < -0.3 is 10.0 Å². The van der Waals surface area contributed by atoms with Gasteiger partial charge in [-0.1, -0.05) is 43.2 Å². The monoisotopic (exact) mass is 342 g/mol. The summed E-state index contributed by atoms with van der Waals surface area (Å²) in [5.41, 5.74) is -0.709. The second-order valence-corrected chi connectivity index (χ2v) is 7.16. The van der Waals surface area contributed by atoms with Gasteiger partial charge in [0.05, 0.1) is 13.6 Å². The Morgan fingerprint density at radius 1 is 1.32 bits per heavy atom. The normalized spacial score (nSPS) is 17.4. The van der Waals surface area contributed by atoms with E-state index in [0.717, 1.165) is 25.7 Å². The molecule has 1 aliphatic rings. The number of carbonyl (C=O) groups excluding carboxylic acids is 1. The van der Waals surface area contributed by atoms with Crippen LogP contribution in [0.25, 0.3) is 0 Å². The largest absolute Gasteiger partial charge is 0.375 e. The maximum atomic E-state index is 13.2. The molecule has 5 nitrogen and oxygen atoms in total. The van der Waals surface area contributed by atoms with Crippen LogP contribution in [0.1, 0.15) is 31.2 Å². The van der Waals surface area contributed by atoms with E-state index in [4.69, 9.17) is 0 Å². The summed E-state index contributed by atoms with van der Waals surface area (Å²) in [5, 5.41) is 11.5. The number of hydrogen-bond donors (Lipinski definition) is 1. The second-order valence-electron chi connectivity index (χ2n) is 7.16. The van der Waals surface area contributed by atoms with Gasteiger partial charge in [0.1, 0.15) is 18.9 Å². The van der Waals surface area contributed by atoms with E-state index in [-0.39, 0.29) is 11.8 Å². The van der Waals surface area contributed by atoms with Crippen molar-refractivity contribution in [2.75, 3.05) is 13.6 Å². The van der Waals surface area contributed by atoms with Crippen molar-refractivity contribution >= 4 is 5.91 Å². The lowest BCUT2D eigenvalue weighted by Gasteiger charge is -2.36. The number of nitrogens with zero attached hydrogens (tertiary/aromatic N) is 3. The van der Waals surface area contributed by atoms with Gasteiger partial charge in [-0.15, -0.1) is 0 Å². The van der Waals surface area contributed by atoms with Crippen molar-refractivity contribution in [2.24, 2.45) is 13.0 Å². The van der Waals surface area contributed by atoms with Gasteiger partial charge in [0, 0.05) is 13.0 Å². The molecule has 3 rings (SSSR count). The molecule has 134 valence electrons. The Morgan fingerprint density at radius 2 is 2.00 bits per heavy atom. The minimum absolute atomic E-state index is 0.00534. The average molecular weight is 342 g/mol. The third kappa shape index (κ3) is 3.61. The van der Waals surface area contributed by atoms with Crippen molar-refractivity contribution < 1.29 is 14.5 Å². The van der Waals surface area contributed by atoms with E-state index in [2.05, 4.69) is 0 Å². The maximum absolute atomic E-state index is 13.2. The average Bonchev–Trinajstić information content (AvgIpc) is 3.31. The number of aromatic nitrogens is 2. The summed E-state index contributed by atoms with van der Waals surface area (Å²) in [7, 11) is 3.76. The molecule has 1 amide bonds. The van der Waals surface area contributed by atoms with E-state index in [9.17, 15) is 9.90 Å². The number of hydrogen-bond acceptors (Lipinski definition) is 2. The van der Waals surface area contributed by atoms with Crippen LogP contribution in [-0.2, 0) is 24.0 Å². The Kier molecular flexibility index (Phi) is 5.23. The van der Waals surface area contributed by atoms with Crippen molar-refractivity contribution in [3.8, 4) is 0 Å². The first kappa shape index (κ1) is 17.7. The van der Waals surface area contributed by atoms with Crippen LogP contribution in [-0.4, -0.2) is 34.1 Å². The van der Waals surface area contributed by atoms with Crippen LogP contribution in [0.3, 0.4) is 0 Å². The first-order valence-corrected chi connectivity index (χ1v) is 9.06. The van der Waals surface area contributed by atoms with E-state index < -0.39 is 5.60 Å². The lowest BCUT2D eigenvalue weighted by atomic mass is 9.79. The molecule has 0 aliphatic heterocycles. The molecule has 0 saturated heterocycles. The molecule has 5 heteroatoms. The molecule has 1 N–H and O–H groups in total. The van der Waals surface area contributed by atoms with Gasteiger partial charge in [-0.2, -0.15) is 0 Å². The van der Waals surface area contributed by atoms with E-state index in [1.165, 1.54) is 0 Å². The number of benzene rings is 1. The summed E-state index contributed by atoms with van der Waals surface area (Å²) in [4.78, 5) is 14.9. The van der Waals surface area contributed by atoms with E-state index >= 15 is 0 Å². The van der Waals surface area contributed by atoms with Gasteiger partial charge in [0.2, 0.25) is 6.33 Å². The summed E-state index contributed by atoms with van der Waals surface area (Å²) in [6.45, 7) is 1.27. The Balaban J connectivity index is 1.78. The maximum Gasteiger partial charge on any atom is 0.259 e. The molecule has 25 heavy (non-hydrogen) atoms. The predicted octanol–water partition coefficient (Wildman–Crippen LogP) is 1.85. The van der Waals surface area contributed by atoms with Crippen LogP contribution >= 0.6 is 0 Å². The van der Waals surface area contributed by atoms with Gasteiger partial charge in [0.15, 0.2) is 5.60 Å². The van der Waals surface area contributed by atoms with Crippen molar-refractivity contribution in [3.63, 3.8) is 0 Å². The number of imidazole rings is 1. The molecule has 0 radical (unpaired) electrons. The van der Waals surface area contributed by atoms with Crippen LogP contribution in [0, 0.1) is 5.92 Å². The molecule has 1 fully saturated rings. The van der Waals surface area contributed by atoms with Gasteiger partial charge in [-0.05, 0) is 18.4 Å². The first-order chi connectivity index (χ1) is 12.0. The van der Waals surface area contributed by atoms with Crippen LogP contribution < -0.4 is 4.57 Å². The third-order valence-electron chi connectivity index (χ3n) is 5.35. The molecule has 1 aromatic heterocycles. The van der Waals surface area contributed by atoms with Crippen LogP contribution in [0.4, 0.5) is 0 Å². The molecular formula is C20H28N3O2+. The molecule has 0 spiro atoms. The minimum atomic E-state index is -1.42. The molecular weight excluding hydrogens is 314 g/mol. The Hall–Kier alpha value is -2.14. The number of carbonyl (C=O) groups is 1.